The molecule has 2 aromatic carbocycles. The van der Waals surface area contributed by atoms with Gasteiger partial charge in [-0.3, -0.25) is 9.69 Å². The third kappa shape index (κ3) is 6.16. The van der Waals surface area contributed by atoms with Crippen LogP contribution in [0.3, 0.4) is 0 Å². The van der Waals surface area contributed by atoms with Gasteiger partial charge in [-0.1, -0.05) is 42.4 Å². The van der Waals surface area contributed by atoms with Crippen molar-refractivity contribution >= 4 is 51.5 Å². The minimum Gasteiger partial charge on any atom is -0.452 e. The Kier molecular flexibility index (Phi) is 9.12. The second kappa shape index (κ2) is 13.2. The van der Waals surface area contributed by atoms with Crippen LogP contribution >= 0.6 is 23.4 Å². The molecular formula is C32H35ClFN7O2S. The first-order valence-corrected chi connectivity index (χ1v) is 16.3. The molecule has 6 rings (SSSR count). The van der Waals surface area contributed by atoms with Crippen molar-refractivity contribution in [1.29, 1.82) is 5.26 Å². The largest absolute Gasteiger partial charge is 0.452 e. The van der Waals surface area contributed by atoms with Crippen molar-refractivity contribution in [2.75, 3.05) is 55.5 Å². The molecule has 3 aliphatic heterocycles. The fraction of sp³-hybridized carbons (Fsp3) is 0.438. The van der Waals surface area contributed by atoms with Crippen LogP contribution in [0.5, 0.6) is 6.01 Å². The standard InChI is InChI=1S/C32H35ClFN7O2S/c1-21(34)31(42)41-17-16-40(18-23(41)11-13-35)30-24-12-15-39(27-9-4-7-22-6-3-8-25(33)29(22)27)19-26(24)36-32(37-30)43-20-44-28-10-5-14-38(28)2/h3-4,6-9,23,28H,1,5,10-12,14-20H2,2H3. The number of amides is 1. The Morgan fingerprint density at radius 2 is 2.00 bits per heavy atom. The van der Waals surface area contributed by atoms with Gasteiger partial charge in [-0.2, -0.15) is 15.2 Å². The highest BCUT2D eigenvalue weighted by Gasteiger charge is 2.35. The Morgan fingerprint density at radius 1 is 1.18 bits per heavy atom. The number of rotatable bonds is 8. The molecule has 12 heteroatoms. The summed E-state index contributed by atoms with van der Waals surface area (Å²) in [6.45, 7) is 6.59. The number of benzene rings is 2. The van der Waals surface area contributed by atoms with Gasteiger partial charge in [-0.15, -0.1) is 11.8 Å². The van der Waals surface area contributed by atoms with Gasteiger partial charge in [0, 0.05) is 42.8 Å². The van der Waals surface area contributed by atoms with Crippen LogP contribution in [0.25, 0.3) is 10.8 Å². The zero-order chi connectivity index (χ0) is 30.8. The molecule has 44 heavy (non-hydrogen) atoms. The molecular weight excluding hydrogens is 601 g/mol. The van der Waals surface area contributed by atoms with E-state index in [9.17, 15) is 14.4 Å². The predicted molar refractivity (Wildman–Crippen MR) is 173 cm³/mol. The molecule has 2 atom stereocenters. The summed E-state index contributed by atoms with van der Waals surface area (Å²) in [5.74, 6) is -0.612. The van der Waals surface area contributed by atoms with Gasteiger partial charge in [0.05, 0.1) is 41.2 Å². The summed E-state index contributed by atoms with van der Waals surface area (Å²) >= 11 is 8.42. The number of carbonyl (C=O) groups is 1. The number of fused-ring (bicyclic) bond motifs is 2. The molecule has 0 radical (unpaired) electrons. The van der Waals surface area contributed by atoms with E-state index < -0.39 is 17.8 Å². The molecule has 2 fully saturated rings. The molecule has 230 valence electrons. The second-order valence-electron chi connectivity index (χ2n) is 11.4. The smallest absolute Gasteiger partial charge is 0.319 e. The van der Waals surface area contributed by atoms with Crippen LogP contribution in [0.15, 0.2) is 48.8 Å². The topological polar surface area (TPSA) is 88.8 Å². The first-order valence-electron chi connectivity index (χ1n) is 14.9. The Labute approximate surface area is 266 Å². The van der Waals surface area contributed by atoms with Gasteiger partial charge in [0.25, 0.3) is 5.91 Å². The summed E-state index contributed by atoms with van der Waals surface area (Å²) in [6.07, 6.45) is 3.07. The molecule has 3 aliphatic rings. The van der Waals surface area contributed by atoms with Gasteiger partial charge in [-0.25, -0.2) is 4.39 Å². The minimum atomic E-state index is -1.02. The molecule has 9 nitrogen and oxygen atoms in total. The summed E-state index contributed by atoms with van der Waals surface area (Å²) in [4.78, 5) is 30.4. The Balaban J connectivity index is 1.31. The number of carbonyl (C=O) groups excluding carboxylic acids is 1. The zero-order valence-electron chi connectivity index (χ0n) is 24.7. The first kappa shape index (κ1) is 30.4. The highest BCUT2D eigenvalue weighted by molar-refractivity contribution is 7.99. The van der Waals surface area contributed by atoms with Gasteiger partial charge < -0.3 is 19.4 Å². The average molecular weight is 636 g/mol. The van der Waals surface area contributed by atoms with E-state index in [0.717, 1.165) is 53.0 Å². The van der Waals surface area contributed by atoms with Gasteiger partial charge in [0.1, 0.15) is 11.8 Å². The summed E-state index contributed by atoms with van der Waals surface area (Å²) in [7, 11) is 2.13. The van der Waals surface area contributed by atoms with Crippen molar-refractivity contribution in [3.63, 3.8) is 0 Å². The van der Waals surface area contributed by atoms with Gasteiger partial charge >= 0.3 is 6.01 Å². The SMILES string of the molecule is C=C(F)C(=O)N1CCN(c2nc(OCSC3CCCN3C)nc3c2CCN(c2cccc4cccc(Cl)c24)C3)CC1CC#N. The first-order chi connectivity index (χ1) is 21.3. The summed E-state index contributed by atoms with van der Waals surface area (Å²) in [5, 5.41) is 12.7. The number of hydrogen-bond donors (Lipinski definition) is 0. The molecule has 0 spiro atoms. The van der Waals surface area contributed by atoms with Crippen LogP contribution in [-0.4, -0.2) is 82.8 Å². The van der Waals surface area contributed by atoms with E-state index in [1.807, 2.05) is 18.2 Å². The van der Waals surface area contributed by atoms with Crippen LogP contribution < -0.4 is 14.5 Å². The maximum atomic E-state index is 13.8. The average Bonchev–Trinajstić information content (AvgIpc) is 3.44. The Morgan fingerprint density at radius 3 is 2.75 bits per heavy atom. The van der Waals surface area contributed by atoms with Crippen LogP contribution in [0.4, 0.5) is 15.9 Å². The zero-order valence-corrected chi connectivity index (χ0v) is 26.3. The van der Waals surface area contributed by atoms with E-state index in [4.69, 9.17) is 26.3 Å². The maximum absolute atomic E-state index is 13.8. The highest BCUT2D eigenvalue weighted by Crippen LogP contribution is 2.37. The summed E-state index contributed by atoms with van der Waals surface area (Å²) in [5.41, 5.74) is 2.94. The summed E-state index contributed by atoms with van der Waals surface area (Å²) in [6, 6.07) is 14.1. The maximum Gasteiger partial charge on any atom is 0.319 e. The van der Waals surface area contributed by atoms with Crippen molar-refractivity contribution in [1.82, 2.24) is 19.8 Å². The third-order valence-electron chi connectivity index (χ3n) is 8.70. The third-order valence-corrected chi connectivity index (χ3v) is 10.2. The predicted octanol–water partition coefficient (Wildman–Crippen LogP) is 5.38. The van der Waals surface area contributed by atoms with E-state index in [0.29, 0.717) is 48.4 Å². The lowest BCUT2D eigenvalue weighted by Gasteiger charge is -2.42. The van der Waals surface area contributed by atoms with Gasteiger partial charge in [-0.05, 0) is 50.4 Å². The van der Waals surface area contributed by atoms with Crippen LogP contribution in [0.2, 0.25) is 5.02 Å². The van der Waals surface area contributed by atoms with E-state index in [1.54, 1.807) is 11.8 Å². The number of nitriles is 1. The van der Waals surface area contributed by atoms with E-state index in [2.05, 4.69) is 52.6 Å². The Hall–Kier alpha value is -3.59. The number of piperazine rings is 1. The number of hydrogen-bond acceptors (Lipinski definition) is 9. The molecule has 0 aliphatic carbocycles. The monoisotopic (exact) mass is 635 g/mol. The van der Waals surface area contributed by atoms with Crippen LogP contribution in [0.1, 0.15) is 30.5 Å². The number of thioether (sulfide) groups is 1. The lowest BCUT2D eigenvalue weighted by atomic mass is 10.0. The van der Waals surface area contributed by atoms with Crippen molar-refractivity contribution in [3.8, 4) is 12.1 Å². The fourth-order valence-electron chi connectivity index (χ4n) is 6.47. The van der Waals surface area contributed by atoms with Crippen LogP contribution in [-0.2, 0) is 17.8 Å². The summed E-state index contributed by atoms with van der Waals surface area (Å²) < 4.78 is 20.0. The number of aromatic nitrogens is 2. The molecule has 1 aromatic heterocycles. The van der Waals surface area contributed by atoms with Crippen molar-refractivity contribution in [2.24, 2.45) is 0 Å². The molecule has 3 aromatic rings. The normalized spacial score (nSPS) is 20.5. The lowest BCUT2D eigenvalue weighted by molar-refractivity contribution is -0.131. The molecule has 0 N–H and O–H groups in total. The molecule has 1 amide bonds. The fourth-order valence-corrected chi connectivity index (χ4v) is 7.77. The van der Waals surface area contributed by atoms with Gasteiger partial charge in [0.2, 0.25) is 0 Å². The van der Waals surface area contributed by atoms with Crippen molar-refractivity contribution < 1.29 is 13.9 Å². The van der Waals surface area contributed by atoms with E-state index in [1.165, 1.54) is 11.3 Å². The quantitative estimate of drug-likeness (QED) is 0.239. The number of halogens is 2. The number of likely N-dealkylation sites (tertiary alicyclic amines) is 1. The van der Waals surface area contributed by atoms with Crippen molar-refractivity contribution in [3.05, 3.63) is 65.1 Å². The number of nitrogens with zero attached hydrogens (tertiary/aromatic N) is 7. The lowest BCUT2D eigenvalue weighted by Crippen LogP contribution is -2.55. The Bertz CT molecular complexity index is 1610. The van der Waals surface area contributed by atoms with E-state index >= 15 is 0 Å². The molecule has 0 saturated carbocycles. The van der Waals surface area contributed by atoms with Gasteiger partial charge in [0.15, 0.2) is 5.83 Å². The highest BCUT2D eigenvalue weighted by atomic mass is 35.5. The number of ether oxygens (including phenoxy) is 1. The van der Waals surface area contributed by atoms with Crippen molar-refractivity contribution in [2.45, 2.75) is 43.6 Å². The minimum absolute atomic E-state index is 0.0767. The molecule has 0 bridgehead atoms. The number of anilines is 2. The molecule has 4 heterocycles. The molecule has 2 unspecified atom stereocenters. The van der Waals surface area contributed by atoms with Crippen LogP contribution in [0, 0.1) is 11.3 Å². The second-order valence-corrected chi connectivity index (χ2v) is 12.9. The molecule has 2 saturated heterocycles. The van der Waals surface area contributed by atoms with E-state index in [-0.39, 0.29) is 13.0 Å².